The molecule has 3 heterocycles. The first-order valence-corrected chi connectivity index (χ1v) is 35.6. The molecule has 4 aliphatic carbocycles. The van der Waals surface area contributed by atoms with Gasteiger partial charge in [-0.3, -0.25) is 0 Å². The van der Waals surface area contributed by atoms with Crippen molar-refractivity contribution >= 4 is 0 Å². The molecule has 15 aromatic rings. The maximum absolute atomic E-state index is 5.66. The van der Waals surface area contributed by atoms with Crippen LogP contribution in [0.25, 0.3) is 157 Å². The van der Waals surface area contributed by atoms with Crippen LogP contribution in [0.2, 0.25) is 0 Å². The molecule has 6 heteroatoms. The molecule has 0 fully saturated rings. The van der Waals surface area contributed by atoms with Crippen molar-refractivity contribution in [1.82, 2.24) is 29.9 Å². The second-order valence-corrected chi connectivity index (χ2v) is 30.1. The number of hydrogen-bond donors (Lipinski definition) is 0. The summed E-state index contributed by atoms with van der Waals surface area (Å²) in [5.74, 6) is 2.17. The average Bonchev–Trinajstić information content (AvgIpc) is 1.60. The second-order valence-electron chi connectivity index (χ2n) is 30.1. The summed E-state index contributed by atoms with van der Waals surface area (Å²) in [5, 5.41) is 0. The molecule has 4 aliphatic rings. The first-order chi connectivity index (χ1) is 49.6. The standard InChI is InChI=1S/C96H72N6/c1-93(2)76-37-18-15-32-73(76)87-81(93)84(97-90(100-87)63-24-11-9-12-25-63)61-48-44-58(45-49-61)57-40-42-60(43-41-57)66-52-53-71-72-36-23-35-70(80(72)96(7,8)79(71)56-66)67-29-22-31-69(55-67)92-98-85(82-88(102-92)74-33-16-19-38-77(74)94(82,3)4)62-50-46-59(47-51-62)65-28-21-30-68(54-65)86-83-89(75-34-17-20-39-78(75)95(83,5)6)101-91(99-86)64-26-13-10-14-27-64/h9-56H,1-8H3. The van der Waals surface area contributed by atoms with Crippen LogP contribution < -0.4 is 0 Å². The highest BCUT2D eigenvalue weighted by atomic mass is 14.9. The Morgan fingerprint density at radius 1 is 0.167 bits per heavy atom. The van der Waals surface area contributed by atoms with E-state index in [9.17, 15) is 0 Å². The Kier molecular flexibility index (Phi) is 13.6. The van der Waals surface area contributed by atoms with E-state index in [0.29, 0.717) is 5.82 Å². The van der Waals surface area contributed by atoms with Gasteiger partial charge in [-0.25, -0.2) is 29.9 Å². The van der Waals surface area contributed by atoms with Gasteiger partial charge < -0.3 is 0 Å². The molecule has 0 unspecified atom stereocenters. The molecule has 0 aliphatic heterocycles. The summed E-state index contributed by atoms with van der Waals surface area (Å²) >= 11 is 0. The molecule has 0 amide bonds. The van der Waals surface area contributed by atoms with Gasteiger partial charge >= 0.3 is 0 Å². The molecule has 0 saturated carbocycles. The fraction of sp³-hybridized carbons (Fsp3) is 0.125. The van der Waals surface area contributed by atoms with Crippen molar-refractivity contribution in [2.24, 2.45) is 0 Å². The molecule has 102 heavy (non-hydrogen) atoms. The van der Waals surface area contributed by atoms with Crippen molar-refractivity contribution in [3.63, 3.8) is 0 Å². The van der Waals surface area contributed by atoms with E-state index in [-0.39, 0.29) is 21.7 Å². The predicted molar refractivity (Wildman–Crippen MR) is 418 cm³/mol. The Morgan fingerprint density at radius 2 is 0.461 bits per heavy atom. The molecular formula is C96H72N6. The Bertz CT molecular complexity index is 5960. The Morgan fingerprint density at radius 3 is 0.931 bits per heavy atom. The Hall–Kier alpha value is -12.1. The number of aromatic nitrogens is 6. The van der Waals surface area contributed by atoms with Crippen LogP contribution in [0.4, 0.5) is 0 Å². The van der Waals surface area contributed by atoms with Crippen LogP contribution >= 0.6 is 0 Å². The minimum atomic E-state index is -0.345. The van der Waals surface area contributed by atoms with Gasteiger partial charge in [0.15, 0.2) is 17.5 Å². The van der Waals surface area contributed by atoms with Gasteiger partial charge in [-0.05, 0) is 102 Å². The molecule has 3 aromatic heterocycles. The zero-order valence-corrected chi connectivity index (χ0v) is 58.4. The molecular weight excluding hydrogens is 1240 g/mol. The summed E-state index contributed by atoms with van der Waals surface area (Å²) in [6, 6.07) is 106. The lowest BCUT2D eigenvalue weighted by atomic mass is 9.78. The van der Waals surface area contributed by atoms with Crippen LogP contribution in [0, 0.1) is 0 Å². The molecule has 0 N–H and O–H groups in total. The lowest BCUT2D eigenvalue weighted by Gasteiger charge is -2.25. The molecule has 0 atom stereocenters. The Labute approximate surface area is 596 Å². The van der Waals surface area contributed by atoms with Gasteiger partial charge in [0.05, 0.1) is 34.2 Å². The lowest BCUT2D eigenvalue weighted by Crippen LogP contribution is -2.17. The highest BCUT2D eigenvalue weighted by Crippen LogP contribution is 2.57. The van der Waals surface area contributed by atoms with Crippen LogP contribution in [0.15, 0.2) is 291 Å². The fourth-order valence-electron chi connectivity index (χ4n) is 17.5. The minimum Gasteiger partial charge on any atom is -0.228 e. The van der Waals surface area contributed by atoms with Crippen molar-refractivity contribution in [1.29, 1.82) is 0 Å². The average molecular weight is 1310 g/mol. The Balaban J connectivity index is 0.626. The van der Waals surface area contributed by atoms with Crippen molar-refractivity contribution in [3.8, 4) is 157 Å². The molecule has 6 nitrogen and oxygen atoms in total. The van der Waals surface area contributed by atoms with Crippen LogP contribution in [0.1, 0.15) is 99.9 Å². The van der Waals surface area contributed by atoms with Gasteiger partial charge in [-0.1, -0.05) is 328 Å². The molecule has 0 saturated heterocycles. The third-order valence-electron chi connectivity index (χ3n) is 22.7. The lowest BCUT2D eigenvalue weighted by molar-refractivity contribution is 0.657. The van der Waals surface area contributed by atoms with E-state index in [1.165, 1.54) is 72.3 Å². The summed E-state index contributed by atoms with van der Waals surface area (Å²) in [6.45, 7) is 18.6. The van der Waals surface area contributed by atoms with Gasteiger partial charge in [0.25, 0.3) is 0 Å². The summed E-state index contributed by atoms with van der Waals surface area (Å²) in [6.07, 6.45) is 0. The molecule has 0 spiro atoms. The van der Waals surface area contributed by atoms with E-state index in [4.69, 9.17) is 29.9 Å². The van der Waals surface area contributed by atoms with E-state index in [2.05, 4.69) is 334 Å². The van der Waals surface area contributed by atoms with E-state index in [1.54, 1.807) is 0 Å². The van der Waals surface area contributed by atoms with Crippen molar-refractivity contribution < 1.29 is 0 Å². The summed E-state index contributed by atoms with van der Waals surface area (Å²) < 4.78 is 0. The van der Waals surface area contributed by atoms with Gasteiger partial charge in [0.2, 0.25) is 0 Å². The third kappa shape index (κ3) is 9.38. The largest absolute Gasteiger partial charge is 0.228 e. The number of benzene rings is 12. The van der Waals surface area contributed by atoms with Gasteiger partial charge in [-0.15, -0.1) is 0 Å². The first kappa shape index (κ1) is 61.0. The predicted octanol–water partition coefficient (Wildman–Crippen LogP) is 24.0. The highest BCUT2D eigenvalue weighted by Gasteiger charge is 2.44. The SMILES string of the molecule is CC1(C)c2cc(-c3ccc(-c4ccc(-c5nc(-c6ccccc6)nc6c5C(C)(C)c5ccccc5-6)cc4)cc3)ccc2-c2cccc(-c3cccc(-c4nc(-c5ccc(-c6cccc(-c7nc(-c8ccccc8)nc8c7C(C)(C)c7ccccc7-8)c6)cc5)c5c(n4)-c4ccccc4C5(C)C)c3)c21. The summed E-state index contributed by atoms with van der Waals surface area (Å²) in [4.78, 5) is 32.5. The maximum atomic E-state index is 5.66. The number of nitrogens with zero attached hydrogens (tertiary/aromatic N) is 6. The van der Waals surface area contributed by atoms with E-state index in [0.717, 1.165) is 124 Å². The van der Waals surface area contributed by atoms with E-state index >= 15 is 0 Å². The van der Waals surface area contributed by atoms with Crippen LogP contribution in [0.3, 0.4) is 0 Å². The number of rotatable bonds is 10. The molecule has 486 valence electrons. The molecule has 19 rings (SSSR count). The quantitative estimate of drug-likeness (QED) is 0.136. The monoisotopic (exact) mass is 1310 g/mol. The topological polar surface area (TPSA) is 77.3 Å². The van der Waals surface area contributed by atoms with Crippen molar-refractivity contribution in [2.45, 2.75) is 77.0 Å². The number of hydrogen-bond acceptors (Lipinski definition) is 6. The van der Waals surface area contributed by atoms with Gasteiger partial charge in [0, 0.05) is 88.4 Å². The first-order valence-electron chi connectivity index (χ1n) is 35.6. The van der Waals surface area contributed by atoms with Crippen molar-refractivity contribution in [2.75, 3.05) is 0 Å². The van der Waals surface area contributed by atoms with Crippen LogP contribution in [-0.2, 0) is 21.7 Å². The molecule has 0 radical (unpaired) electrons. The number of fused-ring (bicyclic) bond motifs is 12. The zero-order valence-electron chi connectivity index (χ0n) is 58.4. The zero-order chi connectivity index (χ0) is 69.0. The summed E-state index contributed by atoms with van der Waals surface area (Å²) in [5.41, 5.74) is 36.1. The molecule has 12 aromatic carbocycles. The van der Waals surface area contributed by atoms with Crippen molar-refractivity contribution in [3.05, 3.63) is 336 Å². The smallest absolute Gasteiger partial charge is 0.160 e. The maximum Gasteiger partial charge on any atom is 0.160 e. The van der Waals surface area contributed by atoms with Crippen LogP contribution in [0.5, 0.6) is 0 Å². The van der Waals surface area contributed by atoms with E-state index < -0.39 is 0 Å². The third-order valence-corrected chi connectivity index (χ3v) is 22.7. The van der Waals surface area contributed by atoms with Crippen LogP contribution in [-0.4, -0.2) is 29.9 Å². The second kappa shape index (κ2) is 22.7. The van der Waals surface area contributed by atoms with Gasteiger partial charge in [-0.2, -0.15) is 0 Å². The minimum absolute atomic E-state index is 0.258. The van der Waals surface area contributed by atoms with Gasteiger partial charge in [0.1, 0.15) is 0 Å². The highest BCUT2D eigenvalue weighted by molar-refractivity contribution is 5.94. The fourth-order valence-corrected chi connectivity index (χ4v) is 17.5. The molecule has 0 bridgehead atoms. The summed E-state index contributed by atoms with van der Waals surface area (Å²) in [7, 11) is 0. The van der Waals surface area contributed by atoms with E-state index in [1.807, 2.05) is 12.1 Å². The normalized spacial score (nSPS) is 14.6.